The third-order valence-electron chi connectivity index (χ3n) is 3.21. The molecule has 1 aliphatic carbocycles. The van der Waals surface area contributed by atoms with Crippen molar-refractivity contribution in [1.82, 2.24) is 0 Å². The van der Waals surface area contributed by atoms with E-state index in [1.807, 2.05) is 18.2 Å². The van der Waals surface area contributed by atoms with Gasteiger partial charge >= 0.3 is 0 Å². The first-order chi connectivity index (χ1) is 7.79. The lowest BCUT2D eigenvalue weighted by Crippen LogP contribution is -2.22. The van der Waals surface area contributed by atoms with Crippen molar-refractivity contribution < 1.29 is 4.74 Å². The number of methoxy groups -OCH3 is 1. The van der Waals surface area contributed by atoms with Crippen molar-refractivity contribution in [3.8, 4) is 5.75 Å². The second kappa shape index (κ2) is 5.10. The molecule has 2 rings (SSSR count). The van der Waals surface area contributed by atoms with E-state index >= 15 is 0 Å². The van der Waals surface area contributed by atoms with Gasteiger partial charge in [0.2, 0.25) is 0 Å². The van der Waals surface area contributed by atoms with Crippen LogP contribution < -0.4 is 15.8 Å². The second-order valence-corrected chi connectivity index (χ2v) is 4.44. The molecule has 0 heterocycles. The zero-order chi connectivity index (χ0) is 11.4. The summed E-state index contributed by atoms with van der Waals surface area (Å²) >= 11 is 0. The number of nitrogens with one attached hydrogen (secondary N) is 1. The predicted molar refractivity (Wildman–Crippen MR) is 67.9 cm³/mol. The number of rotatable bonds is 3. The Morgan fingerprint density at radius 2 is 2.00 bits per heavy atom. The Labute approximate surface area is 97.0 Å². The fourth-order valence-corrected chi connectivity index (χ4v) is 2.31. The minimum absolute atomic E-state index is 0.613. The monoisotopic (exact) mass is 220 g/mol. The first-order valence-corrected chi connectivity index (χ1v) is 5.99. The van der Waals surface area contributed by atoms with Crippen LogP contribution in [0.5, 0.6) is 5.75 Å². The summed E-state index contributed by atoms with van der Waals surface area (Å²) in [6.07, 6.45) is 6.59. The lowest BCUT2D eigenvalue weighted by molar-refractivity contribution is 0.417. The summed E-state index contributed by atoms with van der Waals surface area (Å²) in [6, 6.07) is 6.51. The first-order valence-electron chi connectivity index (χ1n) is 5.99. The van der Waals surface area contributed by atoms with Gasteiger partial charge in [0.05, 0.1) is 12.8 Å². The zero-order valence-electron chi connectivity index (χ0n) is 9.83. The summed E-state index contributed by atoms with van der Waals surface area (Å²) < 4.78 is 5.14. The van der Waals surface area contributed by atoms with Crippen molar-refractivity contribution in [2.24, 2.45) is 0 Å². The number of hydrogen-bond donors (Lipinski definition) is 2. The number of anilines is 2. The standard InChI is InChI=1S/C13H20N2O/c1-16-13-8-7-11(9-12(13)14)15-10-5-3-2-4-6-10/h7-10,15H,2-6,14H2,1H3. The topological polar surface area (TPSA) is 47.3 Å². The molecule has 0 spiro atoms. The van der Waals surface area contributed by atoms with Crippen LogP contribution in [0.1, 0.15) is 32.1 Å². The van der Waals surface area contributed by atoms with E-state index in [0.717, 1.165) is 11.4 Å². The van der Waals surface area contributed by atoms with Crippen LogP contribution in [0.4, 0.5) is 11.4 Å². The summed E-state index contributed by atoms with van der Waals surface area (Å²) in [5.41, 5.74) is 7.67. The fourth-order valence-electron chi connectivity index (χ4n) is 2.31. The van der Waals surface area contributed by atoms with Crippen molar-refractivity contribution in [2.45, 2.75) is 38.1 Å². The van der Waals surface area contributed by atoms with Gasteiger partial charge in [0.15, 0.2) is 0 Å². The minimum atomic E-state index is 0.613. The van der Waals surface area contributed by atoms with E-state index in [1.54, 1.807) is 7.11 Å². The van der Waals surface area contributed by atoms with Crippen molar-refractivity contribution in [1.29, 1.82) is 0 Å². The Hall–Kier alpha value is -1.38. The van der Waals surface area contributed by atoms with Gasteiger partial charge in [-0.15, -0.1) is 0 Å². The Morgan fingerprint density at radius 1 is 1.25 bits per heavy atom. The molecule has 1 aromatic carbocycles. The lowest BCUT2D eigenvalue weighted by Gasteiger charge is -2.24. The highest BCUT2D eigenvalue weighted by molar-refractivity contribution is 5.62. The highest BCUT2D eigenvalue weighted by Crippen LogP contribution is 2.27. The Bertz CT molecular complexity index is 346. The highest BCUT2D eigenvalue weighted by atomic mass is 16.5. The molecule has 0 saturated heterocycles. The quantitative estimate of drug-likeness (QED) is 0.770. The molecule has 0 aliphatic heterocycles. The average Bonchev–Trinajstić information content (AvgIpc) is 2.31. The van der Waals surface area contributed by atoms with Gasteiger partial charge in [-0.2, -0.15) is 0 Å². The molecule has 0 amide bonds. The molecule has 1 aliphatic rings. The van der Waals surface area contributed by atoms with Crippen molar-refractivity contribution in [2.75, 3.05) is 18.2 Å². The minimum Gasteiger partial charge on any atom is -0.495 e. The van der Waals surface area contributed by atoms with Crippen LogP contribution >= 0.6 is 0 Å². The van der Waals surface area contributed by atoms with Crippen molar-refractivity contribution >= 4 is 11.4 Å². The summed E-state index contributed by atoms with van der Waals surface area (Å²) in [6.45, 7) is 0. The molecule has 16 heavy (non-hydrogen) atoms. The Balaban J connectivity index is 2.01. The summed E-state index contributed by atoms with van der Waals surface area (Å²) in [5.74, 6) is 0.745. The maximum Gasteiger partial charge on any atom is 0.141 e. The molecular weight excluding hydrogens is 200 g/mol. The maximum absolute atomic E-state index is 5.87. The van der Waals surface area contributed by atoms with Gasteiger partial charge in [0.25, 0.3) is 0 Å². The van der Waals surface area contributed by atoms with Gasteiger partial charge in [0.1, 0.15) is 5.75 Å². The zero-order valence-corrected chi connectivity index (χ0v) is 9.83. The molecule has 1 aromatic rings. The third-order valence-corrected chi connectivity index (χ3v) is 3.21. The van der Waals surface area contributed by atoms with Gasteiger partial charge in [-0.3, -0.25) is 0 Å². The van der Waals surface area contributed by atoms with E-state index in [2.05, 4.69) is 5.32 Å². The molecule has 1 saturated carbocycles. The number of ether oxygens (including phenoxy) is 1. The van der Waals surface area contributed by atoms with Crippen LogP contribution in [0, 0.1) is 0 Å². The molecule has 3 N–H and O–H groups in total. The van der Waals surface area contributed by atoms with Crippen molar-refractivity contribution in [3.63, 3.8) is 0 Å². The molecule has 0 radical (unpaired) electrons. The van der Waals surface area contributed by atoms with Gasteiger partial charge < -0.3 is 15.8 Å². The maximum atomic E-state index is 5.87. The second-order valence-electron chi connectivity index (χ2n) is 4.44. The van der Waals surface area contributed by atoms with E-state index in [4.69, 9.17) is 10.5 Å². The summed E-state index contributed by atoms with van der Waals surface area (Å²) in [7, 11) is 1.64. The van der Waals surface area contributed by atoms with Gasteiger partial charge in [-0.05, 0) is 31.0 Å². The fraction of sp³-hybridized carbons (Fsp3) is 0.538. The molecule has 3 nitrogen and oxygen atoms in total. The molecule has 0 atom stereocenters. The van der Waals surface area contributed by atoms with E-state index < -0.39 is 0 Å². The van der Waals surface area contributed by atoms with Gasteiger partial charge in [0, 0.05) is 11.7 Å². The van der Waals surface area contributed by atoms with Crippen molar-refractivity contribution in [3.05, 3.63) is 18.2 Å². The molecular formula is C13H20N2O. The van der Waals surface area contributed by atoms with Gasteiger partial charge in [-0.25, -0.2) is 0 Å². The summed E-state index contributed by atoms with van der Waals surface area (Å²) in [5, 5.41) is 3.54. The number of nitrogen functional groups attached to an aromatic ring is 1. The molecule has 3 heteroatoms. The van der Waals surface area contributed by atoms with Crippen LogP contribution in [0.25, 0.3) is 0 Å². The van der Waals surface area contributed by atoms with Crippen LogP contribution in [0.2, 0.25) is 0 Å². The molecule has 0 aromatic heterocycles. The predicted octanol–water partition coefficient (Wildman–Crippen LogP) is 3.02. The SMILES string of the molecule is COc1ccc(NC2CCCCC2)cc1N. The van der Waals surface area contributed by atoms with Crippen LogP contribution in [0.15, 0.2) is 18.2 Å². The third kappa shape index (κ3) is 2.60. The van der Waals surface area contributed by atoms with E-state index in [0.29, 0.717) is 11.7 Å². The Kier molecular flexibility index (Phi) is 3.54. The van der Waals surface area contributed by atoms with Gasteiger partial charge in [-0.1, -0.05) is 19.3 Å². The number of nitrogens with two attached hydrogens (primary N) is 1. The smallest absolute Gasteiger partial charge is 0.141 e. The van der Waals surface area contributed by atoms with E-state index in [9.17, 15) is 0 Å². The van der Waals surface area contributed by atoms with Crippen LogP contribution in [0.3, 0.4) is 0 Å². The summed E-state index contributed by atoms with van der Waals surface area (Å²) in [4.78, 5) is 0. The highest BCUT2D eigenvalue weighted by Gasteiger charge is 2.13. The molecule has 1 fully saturated rings. The lowest BCUT2D eigenvalue weighted by atomic mass is 9.95. The van der Waals surface area contributed by atoms with Crippen LogP contribution in [-0.4, -0.2) is 13.2 Å². The van der Waals surface area contributed by atoms with E-state index in [-0.39, 0.29) is 0 Å². The molecule has 0 unspecified atom stereocenters. The van der Waals surface area contributed by atoms with Crippen LogP contribution in [-0.2, 0) is 0 Å². The Morgan fingerprint density at radius 3 is 2.62 bits per heavy atom. The molecule has 88 valence electrons. The first kappa shape index (κ1) is 11.1. The number of hydrogen-bond acceptors (Lipinski definition) is 3. The largest absolute Gasteiger partial charge is 0.495 e. The average molecular weight is 220 g/mol. The molecule has 0 bridgehead atoms. The normalized spacial score (nSPS) is 17.1. The van der Waals surface area contributed by atoms with E-state index in [1.165, 1.54) is 32.1 Å². The number of benzene rings is 1.